The van der Waals surface area contributed by atoms with Crippen molar-refractivity contribution in [2.24, 2.45) is 0 Å². The van der Waals surface area contributed by atoms with Crippen LogP contribution in [0, 0.1) is 6.92 Å². The molecule has 0 bridgehead atoms. The fraction of sp³-hybridized carbons (Fsp3) is 0.600. The summed E-state index contributed by atoms with van der Waals surface area (Å²) in [6.45, 7) is 14.4. The number of nitrogen functional groups attached to an aromatic ring is 1. The van der Waals surface area contributed by atoms with Gasteiger partial charge >= 0.3 is 0 Å². The van der Waals surface area contributed by atoms with Gasteiger partial charge in [0.2, 0.25) is 0 Å². The molecule has 1 rings (SSSR count). The molecular formula is C15H27NO2Si. The molecule has 1 aromatic rings. The molecule has 0 unspecified atom stereocenters. The standard InChI is InChI=1S/C15H27NO2Si/c1-12-7-8-14(13(16)11-12)17-9-10-18-19(5,6)15(2,3)4/h7-8,11H,9-10,16H2,1-6H3. The van der Waals surface area contributed by atoms with E-state index in [0.717, 1.165) is 11.3 Å². The zero-order valence-electron chi connectivity index (χ0n) is 13.0. The number of ether oxygens (including phenoxy) is 1. The van der Waals surface area contributed by atoms with Crippen LogP contribution in [-0.2, 0) is 4.43 Å². The number of hydrogen-bond donors (Lipinski definition) is 1. The number of aryl methyl sites for hydroxylation is 1. The lowest BCUT2D eigenvalue weighted by Gasteiger charge is -2.36. The molecule has 0 aliphatic heterocycles. The highest BCUT2D eigenvalue weighted by atomic mass is 28.4. The lowest BCUT2D eigenvalue weighted by atomic mass is 10.2. The number of nitrogens with two attached hydrogens (primary N) is 1. The Hall–Kier alpha value is -1.00. The summed E-state index contributed by atoms with van der Waals surface area (Å²) in [5.41, 5.74) is 7.73. The molecule has 2 N–H and O–H groups in total. The lowest BCUT2D eigenvalue weighted by molar-refractivity contribution is 0.204. The third kappa shape index (κ3) is 4.55. The molecule has 3 nitrogen and oxygen atoms in total. The van der Waals surface area contributed by atoms with E-state index < -0.39 is 8.32 Å². The van der Waals surface area contributed by atoms with E-state index in [0.29, 0.717) is 18.9 Å². The van der Waals surface area contributed by atoms with Gasteiger partial charge in [0, 0.05) is 0 Å². The highest BCUT2D eigenvalue weighted by Crippen LogP contribution is 2.36. The second kappa shape index (κ2) is 5.97. The van der Waals surface area contributed by atoms with Gasteiger partial charge in [0.05, 0.1) is 12.3 Å². The average Bonchev–Trinajstić information content (AvgIpc) is 2.25. The minimum Gasteiger partial charge on any atom is -0.489 e. The average molecular weight is 281 g/mol. The molecular weight excluding hydrogens is 254 g/mol. The van der Waals surface area contributed by atoms with E-state index in [1.807, 2.05) is 25.1 Å². The number of rotatable bonds is 5. The van der Waals surface area contributed by atoms with Crippen molar-refractivity contribution in [1.29, 1.82) is 0 Å². The third-order valence-electron chi connectivity index (χ3n) is 3.78. The first-order chi connectivity index (χ1) is 8.63. The van der Waals surface area contributed by atoms with Crippen molar-refractivity contribution in [2.75, 3.05) is 18.9 Å². The van der Waals surface area contributed by atoms with Gasteiger partial charge in [-0.3, -0.25) is 0 Å². The minimum absolute atomic E-state index is 0.232. The van der Waals surface area contributed by atoms with Gasteiger partial charge in [0.15, 0.2) is 8.32 Å². The van der Waals surface area contributed by atoms with Crippen molar-refractivity contribution < 1.29 is 9.16 Å². The van der Waals surface area contributed by atoms with Crippen LogP contribution in [0.5, 0.6) is 5.75 Å². The van der Waals surface area contributed by atoms with Gasteiger partial charge in [-0.25, -0.2) is 0 Å². The first kappa shape index (κ1) is 16.1. The van der Waals surface area contributed by atoms with E-state index in [1.165, 1.54) is 0 Å². The van der Waals surface area contributed by atoms with Gasteiger partial charge < -0.3 is 14.9 Å². The van der Waals surface area contributed by atoms with Gasteiger partial charge in [0.25, 0.3) is 0 Å². The summed E-state index contributed by atoms with van der Waals surface area (Å²) in [5, 5.41) is 0.232. The van der Waals surface area contributed by atoms with E-state index in [9.17, 15) is 0 Å². The third-order valence-corrected chi connectivity index (χ3v) is 8.31. The van der Waals surface area contributed by atoms with Crippen LogP contribution < -0.4 is 10.5 Å². The molecule has 0 amide bonds. The Morgan fingerprint density at radius 2 is 1.79 bits per heavy atom. The fourth-order valence-corrected chi connectivity index (χ4v) is 2.49. The number of benzene rings is 1. The predicted octanol–water partition coefficient (Wildman–Crippen LogP) is 3.98. The Labute approximate surface area is 118 Å². The molecule has 108 valence electrons. The fourth-order valence-electron chi connectivity index (χ4n) is 1.46. The van der Waals surface area contributed by atoms with E-state index >= 15 is 0 Å². The second-order valence-electron chi connectivity index (χ2n) is 6.50. The van der Waals surface area contributed by atoms with Crippen molar-refractivity contribution in [3.8, 4) is 5.75 Å². The molecule has 0 aliphatic rings. The Kier molecular flexibility index (Phi) is 5.04. The monoisotopic (exact) mass is 281 g/mol. The van der Waals surface area contributed by atoms with Crippen molar-refractivity contribution in [3.05, 3.63) is 23.8 Å². The van der Waals surface area contributed by atoms with Crippen LogP contribution in [0.4, 0.5) is 5.69 Å². The van der Waals surface area contributed by atoms with Crippen molar-refractivity contribution in [1.82, 2.24) is 0 Å². The van der Waals surface area contributed by atoms with Crippen molar-refractivity contribution >= 4 is 14.0 Å². The molecule has 0 spiro atoms. The van der Waals surface area contributed by atoms with E-state index in [2.05, 4.69) is 33.9 Å². The molecule has 0 atom stereocenters. The van der Waals surface area contributed by atoms with E-state index in [1.54, 1.807) is 0 Å². The zero-order chi connectivity index (χ0) is 14.7. The molecule has 0 aromatic heterocycles. The summed E-state index contributed by atoms with van der Waals surface area (Å²) in [6.07, 6.45) is 0. The van der Waals surface area contributed by atoms with Crippen LogP contribution in [0.3, 0.4) is 0 Å². The zero-order valence-corrected chi connectivity index (χ0v) is 14.0. The van der Waals surface area contributed by atoms with Crippen LogP contribution in [0.1, 0.15) is 26.3 Å². The van der Waals surface area contributed by atoms with Crippen LogP contribution in [-0.4, -0.2) is 21.5 Å². The number of anilines is 1. The normalized spacial score (nSPS) is 12.5. The first-order valence-corrected chi connectivity index (χ1v) is 9.67. The molecule has 1 aromatic carbocycles. The molecule has 0 aliphatic carbocycles. The number of hydrogen-bond acceptors (Lipinski definition) is 3. The summed E-state index contributed by atoms with van der Waals surface area (Å²) >= 11 is 0. The van der Waals surface area contributed by atoms with Crippen molar-refractivity contribution in [3.63, 3.8) is 0 Å². The van der Waals surface area contributed by atoms with Gasteiger partial charge in [-0.1, -0.05) is 26.8 Å². The highest BCUT2D eigenvalue weighted by Gasteiger charge is 2.36. The topological polar surface area (TPSA) is 44.5 Å². The van der Waals surface area contributed by atoms with Crippen LogP contribution in [0.25, 0.3) is 0 Å². The Bertz CT molecular complexity index is 425. The molecule has 4 heteroatoms. The molecule has 19 heavy (non-hydrogen) atoms. The van der Waals surface area contributed by atoms with Crippen LogP contribution in [0.15, 0.2) is 18.2 Å². The minimum atomic E-state index is -1.68. The summed E-state index contributed by atoms with van der Waals surface area (Å²) in [6, 6.07) is 5.83. The maximum atomic E-state index is 6.05. The highest BCUT2D eigenvalue weighted by molar-refractivity contribution is 6.74. The molecule has 0 saturated heterocycles. The van der Waals surface area contributed by atoms with Gasteiger partial charge in [-0.2, -0.15) is 0 Å². The van der Waals surface area contributed by atoms with E-state index in [-0.39, 0.29) is 5.04 Å². The molecule has 0 heterocycles. The lowest BCUT2D eigenvalue weighted by Crippen LogP contribution is -2.41. The quantitative estimate of drug-likeness (QED) is 0.504. The van der Waals surface area contributed by atoms with Gasteiger partial charge in [-0.15, -0.1) is 0 Å². The first-order valence-electron chi connectivity index (χ1n) is 6.76. The summed E-state index contributed by atoms with van der Waals surface area (Å²) in [4.78, 5) is 0. The second-order valence-corrected chi connectivity index (χ2v) is 11.3. The molecule has 0 radical (unpaired) electrons. The summed E-state index contributed by atoms with van der Waals surface area (Å²) < 4.78 is 11.7. The predicted molar refractivity (Wildman–Crippen MR) is 84.2 cm³/mol. The Morgan fingerprint density at radius 1 is 1.16 bits per heavy atom. The summed E-state index contributed by atoms with van der Waals surface area (Å²) in [5.74, 6) is 0.740. The Balaban J connectivity index is 2.43. The van der Waals surface area contributed by atoms with Gasteiger partial charge in [-0.05, 0) is 42.8 Å². The van der Waals surface area contributed by atoms with E-state index in [4.69, 9.17) is 14.9 Å². The van der Waals surface area contributed by atoms with Crippen LogP contribution in [0.2, 0.25) is 18.1 Å². The molecule has 0 fully saturated rings. The van der Waals surface area contributed by atoms with Crippen molar-refractivity contribution in [2.45, 2.75) is 45.8 Å². The maximum Gasteiger partial charge on any atom is 0.192 e. The summed E-state index contributed by atoms with van der Waals surface area (Å²) in [7, 11) is -1.68. The Morgan fingerprint density at radius 3 is 2.32 bits per heavy atom. The van der Waals surface area contributed by atoms with Gasteiger partial charge in [0.1, 0.15) is 12.4 Å². The molecule has 0 saturated carbocycles. The maximum absolute atomic E-state index is 6.05. The van der Waals surface area contributed by atoms with Crippen LogP contribution >= 0.6 is 0 Å². The SMILES string of the molecule is Cc1ccc(OCCO[Si](C)(C)C(C)(C)C)c(N)c1. The largest absolute Gasteiger partial charge is 0.489 e. The smallest absolute Gasteiger partial charge is 0.192 e.